The number of aromatic amines is 1. The maximum Gasteiger partial charge on any atom is 0.330 e. The molecule has 9 nitrogen and oxygen atoms in total. The van der Waals surface area contributed by atoms with Gasteiger partial charge in [0.2, 0.25) is 5.82 Å². The van der Waals surface area contributed by atoms with E-state index in [1.54, 1.807) is 17.1 Å². The number of halogens is 1. The molecule has 0 amide bonds. The lowest BCUT2D eigenvalue weighted by atomic mass is 10.1. The van der Waals surface area contributed by atoms with Crippen LogP contribution in [-0.4, -0.2) is 39.4 Å². The molecule has 150 valence electrons. The lowest BCUT2D eigenvalue weighted by molar-refractivity contribution is -0.148. The summed E-state index contributed by atoms with van der Waals surface area (Å²) in [4.78, 5) is 36.6. The molecule has 4 N–H and O–H groups in total. The van der Waals surface area contributed by atoms with Crippen molar-refractivity contribution < 1.29 is 23.8 Å². The minimum Gasteiger partial charge on any atom is -0.463 e. The van der Waals surface area contributed by atoms with Gasteiger partial charge in [0.05, 0.1) is 12.3 Å². The molecule has 1 aliphatic rings. The highest BCUT2D eigenvalue weighted by molar-refractivity contribution is 5.70. The Labute approximate surface area is 158 Å². The second-order valence-corrected chi connectivity index (χ2v) is 6.48. The first-order chi connectivity index (χ1) is 13.3. The number of aliphatic hydroxyl groups excluding tert-OH is 1. The van der Waals surface area contributed by atoms with E-state index in [1.807, 2.05) is 12.1 Å². The van der Waals surface area contributed by atoms with Crippen molar-refractivity contribution in [3.8, 4) is 0 Å². The molecule has 0 aliphatic carbocycles. The van der Waals surface area contributed by atoms with Crippen LogP contribution in [0.3, 0.4) is 0 Å². The fourth-order valence-corrected chi connectivity index (χ4v) is 2.99. The number of nitrogens with zero attached hydrogens (tertiary/aromatic N) is 1. The molecule has 0 radical (unpaired) electrons. The highest BCUT2D eigenvalue weighted by Gasteiger charge is 2.36. The predicted octanol–water partition coefficient (Wildman–Crippen LogP) is 0.0823. The van der Waals surface area contributed by atoms with Crippen LogP contribution in [0.4, 0.5) is 10.1 Å². The SMILES string of the molecule is Nc1ccccc1CCC(=O)OC[C@@H]1C[C@@H](O)[C@H](n2cc(F)c(=O)[nH]c2=O)O1. The topological polar surface area (TPSA) is 137 Å². The third-order valence-electron chi connectivity index (χ3n) is 4.45. The first kappa shape index (κ1) is 19.8. The summed E-state index contributed by atoms with van der Waals surface area (Å²) in [6.45, 7) is -0.128. The van der Waals surface area contributed by atoms with Gasteiger partial charge in [0.1, 0.15) is 12.7 Å². The van der Waals surface area contributed by atoms with E-state index in [2.05, 4.69) is 0 Å². The molecule has 2 heterocycles. The Kier molecular flexibility index (Phi) is 5.90. The molecule has 0 unspecified atom stereocenters. The third kappa shape index (κ3) is 4.46. The first-order valence-electron chi connectivity index (χ1n) is 8.68. The van der Waals surface area contributed by atoms with Gasteiger partial charge in [0, 0.05) is 18.5 Å². The average Bonchev–Trinajstić information content (AvgIpc) is 3.03. The number of aromatic nitrogens is 2. The van der Waals surface area contributed by atoms with Crippen molar-refractivity contribution in [3.05, 3.63) is 62.7 Å². The summed E-state index contributed by atoms with van der Waals surface area (Å²) in [7, 11) is 0. The fourth-order valence-electron chi connectivity index (χ4n) is 2.99. The van der Waals surface area contributed by atoms with Gasteiger partial charge >= 0.3 is 11.7 Å². The number of rotatable bonds is 6. The smallest absolute Gasteiger partial charge is 0.330 e. The molecule has 1 aliphatic heterocycles. The molecular weight excluding hydrogens is 373 g/mol. The van der Waals surface area contributed by atoms with E-state index in [-0.39, 0.29) is 19.4 Å². The number of carbonyl (C=O) groups is 1. The molecule has 0 spiro atoms. The lowest BCUT2D eigenvalue weighted by Gasteiger charge is -2.17. The molecule has 0 bridgehead atoms. The number of nitrogens with one attached hydrogen (secondary N) is 1. The predicted molar refractivity (Wildman–Crippen MR) is 95.9 cm³/mol. The summed E-state index contributed by atoms with van der Waals surface area (Å²) in [6, 6.07) is 7.20. The minimum absolute atomic E-state index is 0.0801. The van der Waals surface area contributed by atoms with Gasteiger partial charge < -0.3 is 20.3 Å². The second-order valence-electron chi connectivity index (χ2n) is 6.48. The Hall–Kier alpha value is -2.98. The van der Waals surface area contributed by atoms with Gasteiger partial charge in [-0.15, -0.1) is 0 Å². The van der Waals surface area contributed by atoms with Crippen molar-refractivity contribution in [2.45, 2.75) is 37.7 Å². The number of H-pyrrole nitrogens is 1. The largest absolute Gasteiger partial charge is 0.463 e. The molecule has 10 heteroatoms. The van der Waals surface area contributed by atoms with Crippen LogP contribution in [0.2, 0.25) is 0 Å². The summed E-state index contributed by atoms with van der Waals surface area (Å²) in [6.07, 6.45) is -1.69. The Balaban J connectivity index is 1.53. The van der Waals surface area contributed by atoms with Crippen molar-refractivity contribution in [3.63, 3.8) is 0 Å². The van der Waals surface area contributed by atoms with Gasteiger partial charge in [0.25, 0.3) is 5.56 Å². The van der Waals surface area contributed by atoms with Crippen molar-refractivity contribution >= 4 is 11.7 Å². The Bertz CT molecular complexity index is 972. The van der Waals surface area contributed by atoms with Crippen LogP contribution >= 0.6 is 0 Å². The monoisotopic (exact) mass is 393 g/mol. The molecular formula is C18H20FN3O6. The van der Waals surface area contributed by atoms with E-state index < -0.39 is 41.5 Å². The summed E-state index contributed by atoms with van der Waals surface area (Å²) in [5, 5.41) is 10.1. The molecule has 28 heavy (non-hydrogen) atoms. The standard InChI is InChI=1S/C18H20FN3O6/c19-12-8-22(18(26)21-16(12)25)17-14(23)7-11(28-17)9-27-15(24)6-5-10-3-1-2-4-13(10)20/h1-4,8,11,14,17,23H,5-7,9,20H2,(H,21,25,26)/t11-,14+,17+/m0/s1. The molecule has 1 aromatic heterocycles. The Morgan fingerprint density at radius 2 is 2.14 bits per heavy atom. The van der Waals surface area contributed by atoms with Crippen molar-refractivity contribution in [2.24, 2.45) is 0 Å². The van der Waals surface area contributed by atoms with Crippen LogP contribution in [0.15, 0.2) is 40.1 Å². The molecule has 3 rings (SSSR count). The number of carbonyl (C=O) groups excluding carboxylic acids is 1. The lowest BCUT2D eigenvalue weighted by Crippen LogP contribution is -2.36. The van der Waals surface area contributed by atoms with Crippen LogP contribution in [-0.2, 0) is 20.7 Å². The van der Waals surface area contributed by atoms with Crippen molar-refractivity contribution in [1.29, 1.82) is 0 Å². The number of nitrogen functional groups attached to an aromatic ring is 1. The zero-order valence-electron chi connectivity index (χ0n) is 14.8. The van der Waals surface area contributed by atoms with Crippen LogP contribution in [0.5, 0.6) is 0 Å². The van der Waals surface area contributed by atoms with E-state index >= 15 is 0 Å². The number of ether oxygens (including phenoxy) is 2. The van der Waals surface area contributed by atoms with Gasteiger partial charge in [-0.2, -0.15) is 4.39 Å². The van der Waals surface area contributed by atoms with Gasteiger partial charge in [-0.1, -0.05) is 18.2 Å². The van der Waals surface area contributed by atoms with Crippen molar-refractivity contribution in [1.82, 2.24) is 9.55 Å². The number of nitrogens with two attached hydrogens (primary N) is 1. The van der Waals surface area contributed by atoms with E-state index in [0.29, 0.717) is 18.3 Å². The van der Waals surface area contributed by atoms with Crippen LogP contribution < -0.4 is 17.0 Å². The molecule has 2 aromatic rings. The van der Waals surface area contributed by atoms with E-state index in [1.165, 1.54) is 0 Å². The summed E-state index contributed by atoms with van der Waals surface area (Å²) in [5.74, 6) is -1.64. The highest BCUT2D eigenvalue weighted by atomic mass is 19.1. The molecule has 1 saturated heterocycles. The van der Waals surface area contributed by atoms with Crippen molar-refractivity contribution in [2.75, 3.05) is 12.3 Å². The molecule has 1 aromatic carbocycles. The molecule has 0 saturated carbocycles. The number of hydrogen-bond donors (Lipinski definition) is 3. The zero-order valence-corrected chi connectivity index (χ0v) is 14.8. The van der Waals surface area contributed by atoms with Gasteiger partial charge in [0.15, 0.2) is 6.23 Å². The van der Waals surface area contributed by atoms with Gasteiger partial charge in [-0.3, -0.25) is 19.1 Å². The summed E-state index contributed by atoms with van der Waals surface area (Å²) < 4.78 is 24.8. The second kappa shape index (κ2) is 8.36. The number of aliphatic hydroxyl groups is 1. The maximum absolute atomic E-state index is 13.4. The van der Waals surface area contributed by atoms with E-state index in [4.69, 9.17) is 15.2 Å². The minimum atomic E-state index is -1.19. The number of aryl methyl sites for hydroxylation is 1. The Morgan fingerprint density at radius 3 is 2.89 bits per heavy atom. The number of esters is 1. The number of benzene rings is 1. The Morgan fingerprint density at radius 1 is 1.39 bits per heavy atom. The van der Waals surface area contributed by atoms with Gasteiger partial charge in [-0.25, -0.2) is 4.79 Å². The maximum atomic E-state index is 13.4. The van der Waals surface area contributed by atoms with E-state index in [9.17, 15) is 23.9 Å². The number of hydrogen-bond acceptors (Lipinski definition) is 7. The zero-order chi connectivity index (χ0) is 20.3. The average molecular weight is 393 g/mol. The third-order valence-corrected chi connectivity index (χ3v) is 4.45. The van der Waals surface area contributed by atoms with Crippen LogP contribution in [0.25, 0.3) is 0 Å². The molecule has 3 atom stereocenters. The van der Waals surface area contributed by atoms with Crippen LogP contribution in [0, 0.1) is 5.82 Å². The number of para-hydroxylation sites is 1. The summed E-state index contributed by atoms with van der Waals surface area (Å²) in [5.41, 5.74) is 5.19. The molecule has 1 fully saturated rings. The van der Waals surface area contributed by atoms with Crippen LogP contribution in [0.1, 0.15) is 24.6 Å². The normalized spacial score (nSPS) is 21.6. The quantitative estimate of drug-likeness (QED) is 0.467. The van der Waals surface area contributed by atoms with Gasteiger partial charge in [-0.05, 0) is 18.1 Å². The first-order valence-corrected chi connectivity index (χ1v) is 8.68. The fraction of sp³-hybridized carbons (Fsp3) is 0.389. The highest BCUT2D eigenvalue weighted by Crippen LogP contribution is 2.28. The summed E-state index contributed by atoms with van der Waals surface area (Å²) >= 11 is 0. The number of anilines is 1. The van der Waals surface area contributed by atoms with E-state index in [0.717, 1.165) is 10.1 Å².